The molecule has 2 rings (SSSR count). The maximum Gasteiger partial charge on any atom is 0.251 e. The number of rotatable bonds is 7. The lowest BCUT2D eigenvalue weighted by molar-refractivity contribution is -0.134. The zero-order chi connectivity index (χ0) is 18.4. The van der Waals surface area contributed by atoms with Gasteiger partial charge < -0.3 is 15.0 Å². The van der Waals surface area contributed by atoms with E-state index in [0.717, 1.165) is 13.0 Å². The monoisotopic (exact) mass is 366 g/mol. The molecule has 0 bridgehead atoms. The molecule has 0 unspecified atom stereocenters. The topological polar surface area (TPSA) is 58.6 Å². The minimum Gasteiger partial charge on any atom is -0.381 e. The number of halogens is 1. The van der Waals surface area contributed by atoms with Crippen molar-refractivity contribution in [1.29, 1.82) is 0 Å². The minimum absolute atomic E-state index is 0.00220. The highest BCUT2D eigenvalue weighted by atomic mass is 35.5. The molecule has 1 heterocycles. The molecule has 0 saturated carbocycles. The summed E-state index contributed by atoms with van der Waals surface area (Å²) in [5, 5.41) is 3.46. The number of likely N-dealkylation sites (N-methyl/N-ethyl adjacent to an activating group) is 1. The summed E-state index contributed by atoms with van der Waals surface area (Å²) in [6, 6.07) is 6.10. The van der Waals surface area contributed by atoms with Crippen LogP contribution in [-0.4, -0.2) is 49.1 Å². The highest BCUT2D eigenvalue weighted by molar-refractivity contribution is 6.30. The predicted molar refractivity (Wildman–Crippen MR) is 98.7 cm³/mol. The van der Waals surface area contributed by atoms with Crippen molar-refractivity contribution < 1.29 is 14.3 Å². The average Bonchev–Trinajstić information content (AvgIpc) is 3.10. The van der Waals surface area contributed by atoms with E-state index in [-0.39, 0.29) is 17.7 Å². The summed E-state index contributed by atoms with van der Waals surface area (Å²) in [6.45, 7) is 8.61. The van der Waals surface area contributed by atoms with Gasteiger partial charge in [-0.15, -0.1) is 0 Å². The lowest BCUT2D eigenvalue weighted by Gasteiger charge is -2.30. The summed E-state index contributed by atoms with van der Waals surface area (Å²) in [5.74, 6) is 0.0805. The number of carbonyl (C=O) groups is 2. The number of nitrogens with one attached hydrogen (secondary N) is 1. The molecule has 0 aliphatic carbocycles. The number of benzene rings is 1. The number of nitrogens with zero attached hydrogens (tertiary/aromatic N) is 1. The van der Waals surface area contributed by atoms with Gasteiger partial charge in [-0.05, 0) is 43.5 Å². The molecule has 1 saturated heterocycles. The zero-order valence-corrected chi connectivity index (χ0v) is 15.9. The molecule has 5 nitrogen and oxygen atoms in total. The van der Waals surface area contributed by atoms with Gasteiger partial charge in [-0.25, -0.2) is 0 Å². The molecular formula is C19H27ClN2O3. The molecule has 0 radical (unpaired) electrons. The molecule has 2 atom stereocenters. The van der Waals surface area contributed by atoms with Crippen molar-refractivity contribution in [2.75, 3.05) is 26.3 Å². The van der Waals surface area contributed by atoms with Gasteiger partial charge in [-0.2, -0.15) is 0 Å². The van der Waals surface area contributed by atoms with Crippen LogP contribution in [0.5, 0.6) is 0 Å². The summed E-state index contributed by atoms with van der Waals surface area (Å²) in [7, 11) is 0. The van der Waals surface area contributed by atoms with Crippen molar-refractivity contribution in [2.24, 2.45) is 11.8 Å². The normalized spacial score (nSPS) is 18.2. The minimum atomic E-state index is -0.551. The van der Waals surface area contributed by atoms with Crippen LogP contribution in [0, 0.1) is 11.8 Å². The average molecular weight is 367 g/mol. The second-order valence-corrected chi connectivity index (χ2v) is 7.24. The molecule has 1 aromatic carbocycles. The van der Waals surface area contributed by atoms with Crippen LogP contribution in [0.3, 0.4) is 0 Å². The highest BCUT2D eigenvalue weighted by Crippen LogP contribution is 2.16. The summed E-state index contributed by atoms with van der Waals surface area (Å²) in [5.41, 5.74) is 0.495. The fraction of sp³-hybridized carbons (Fsp3) is 0.579. The smallest absolute Gasteiger partial charge is 0.251 e. The van der Waals surface area contributed by atoms with E-state index in [9.17, 15) is 9.59 Å². The van der Waals surface area contributed by atoms with E-state index < -0.39 is 6.04 Å². The van der Waals surface area contributed by atoms with Crippen molar-refractivity contribution in [2.45, 2.75) is 33.2 Å². The van der Waals surface area contributed by atoms with Crippen LogP contribution >= 0.6 is 11.6 Å². The van der Waals surface area contributed by atoms with Gasteiger partial charge in [0, 0.05) is 36.2 Å². The number of hydrogen-bond acceptors (Lipinski definition) is 3. The quantitative estimate of drug-likeness (QED) is 0.807. The van der Waals surface area contributed by atoms with E-state index in [1.54, 1.807) is 24.3 Å². The Balaban J connectivity index is 2.05. The molecular weight excluding hydrogens is 340 g/mol. The van der Waals surface area contributed by atoms with Gasteiger partial charge in [0.1, 0.15) is 6.04 Å². The standard InChI is InChI=1S/C19H27ClN2O3/c1-4-22(11-14-9-10-25-12-14)19(24)17(13(2)3)21-18(23)15-5-7-16(20)8-6-15/h5-8,13-14,17H,4,9-12H2,1-3H3,(H,21,23)/t14-,17+/m0/s1. The third-order valence-electron chi connectivity index (χ3n) is 4.52. The SMILES string of the molecule is CCN(C[C@@H]1CCOC1)C(=O)[C@H](NC(=O)c1ccc(Cl)cc1)C(C)C. The molecule has 6 heteroatoms. The molecule has 138 valence electrons. The first-order valence-corrected chi connectivity index (χ1v) is 9.23. The Morgan fingerprint density at radius 2 is 2.00 bits per heavy atom. The van der Waals surface area contributed by atoms with Gasteiger partial charge in [-0.1, -0.05) is 25.4 Å². The first kappa shape index (κ1) is 19.7. The van der Waals surface area contributed by atoms with Gasteiger partial charge in [0.25, 0.3) is 5.91 Å². The predicted octanol–water partition coefficient (Wildman–Crippen LogP) is 2.98. The van der Waals surface area contributed by atoms with Crippen LogP contribution in [0.4, 0.5) is 0 Å². The fourth-order valence-corrected chi connectivity index (χ4v) is 3.08. The highest BCUT2D eigenvalue weighted by Gasteiger charge is 2.30. The summed E-state index contributed by atoms with van der Waals surface area (Å²) in [4.78, 5) is 27.3. The maximum absolute atomic E-state index is 13.0. The van der Waals surface area contributed by atoms with Crippen LogP contribution in [-0.2, 0) is 9.53 Å². The Labute approximate surface area is 154 Å². The van der Waals surface area contributed by atoms with Crippen molar-refractivity contribution in [3.05, 3.63) is 34.9 Å². The Morgan fingerprint density at radius 3 is 2.52 bits per heavy atom. The van der Waals surface area contributed by atoms with Crippen LogP contribution in [0.25, 0.3) is 0 Å². The first-order chi connectivity index (χ1) is 11.9. The largest absolute Gasteiger partial charge is 0.381 e. The van der Waals surface area contributed by atoms with Crippen LogP contribution in [0.2, 0.25) is 5.02 Å². The van der Waals surface area contributed by atoms with Gasteiger partial charge in [-0.3, -0.25) is 9.59 Å². The summed E-state index contributed by atoms with van der Waals surface area (Å²) < 4.78 is 5.40. The van der Waals surface area contributed by atoms with Crippen molar-refractivity contribution in [1.82, 2.24) is 10.2 Å². The lowest BCUT2D eigenvalue weighted by Crippen LogP contribution is -2.52. The van der Waals surface area contributed by atoms with Crippen LogP contribution in [0.15, 0.2) is 24.3 Å². The first-order valence-electron chi connectivity index (χ1n) is 8.85. The molecule has 1 N–H and O–H groups in total. The third-order valence-corrected chi connectivity index (χ3v) is 4.77. The van der Waals surface area contributed by atoms with E-state index in [4.69, 9.17) is 16.3 Å². The van der Waals surface area contributed by atoms with Crippen molar-refractivity contribution >= 4 is 23.4 Å². The van der Waals surface area contributed by atoms with Crippen molar-refractivity contribution in [3.63, 3.8) is 0 Å². The molecule has 1 fully saturated rings. The number of hydrogen-bond donors (Lipinski definition) is 1. The fourth-order valence-electron chi connectivity index (χ4n) is 2.95. The zero-order valence-electron chi connectivity index (χ0n) is 15.1. The Kier molecular flexibility index (Phi) is 7.26. The number of amides is 2. The van der Waals surface area contributed by atoms with Gasteiger partial charge in [0.2, 0.25) is 5.91 Å². The van der Waals surface area contributed by atoms with Gasteiger partial charge >= 0.3 is 0 Å². The van der Waals surface area contributed by atoms with E-state index in [0.29, 0.717) is 36.2 Å². The Morgan fingerprint density at radius 1 is 1.32 bits per heavy atom. The second kappa shape index (κ2) is 9.20. The van der Waals surface area contributed by atoms with Crippen LogP contribution in [0.1, 0.15) is 37.6 Å². The van der Waals surface area contributed by atoms with Gasteiger partial charge in [0.15, 0.2) is 0 Å². The van der Waals surface area contributed by atoms with Gasteiger partial charge in [0.05, 0.1) is 6.61 Å². The molecule has 0 spiro atoms. The van der Waals surface area contributed by atoms with Crippen molar-refractivity contribution in [3.8, 4) is 0 Å². The molecule has 1 aliphatic heterocycles. The maximum atomic E-state index is 13.0. The van der Waals surface area contributed by atoms with Crippen LogP contribution < -0.4 is 5.32 Å². The third kappa shape index (κ3) is 5.44. The second-order valence-electron chi connectivity index (χ2n) is 6.81. The summed E-state index contributed by atoms with van der Waals surface area (Å²) in [6.07, 6.45) is 0.979. The number of ether oxygens (including phenoxy) is 1. The molecule has 1 aliphatic rings. The number of carbonyl (C=O) groups excluding carboxylic acids is 2. The molecule has 2 amide bonds. The van der Waals surface area contributed by atoms with E-state index in [1.165, 1.54) is 0 Å². The molecule has 25 heavy (non-hydrogen) atoms. The Hall–Kier alpha value is -1.59. The van der Waals surface area contributed by atoms with E-state index in [1.807, 2.05) is 25.7 Å². The molecule has 0 aromatic heterocycles. The lowest BCUT2D eigenvalue weighted by atomic mass is 10.0. The Bertz CT molecular complexity index is 583. The van der Waals surface area contributed by atoms with E-state index in [2.05, 4.69) is 5.32 Å². The van der Waals surface area contributed by atoms with E-state index >= 15 is 0 Å². The summed E-state index contributed by atoms with van der Waals surface area (Å²) >= 11 is 5.86. The molecule has 1 aromatic rings.